The molecule has 0 saturated carbocycles. The first kappa shape index (κ1) is 8.37. The molecule has 0 aliphatic carbocycles. The normalized spacial score (nSPS) is 13.3. The van der Waals surface area contributed by atoms with Crippen LogP contribution in [0.2, 0.25) is 0 Å². The fourth-order valence-electron chi connectivity index (χ4n) is 1.12. The third-order valence-corrected chi connectivity index (χ3v) is 3.00. The minimum Gasteiger partial charge on any atom is -0.290 e. The highest BCUT2D eigenvalue weighted by Gasteiger charge is 2.07. The maximum Gasteiger partial charge on any atom is 0.203 e. The zero-order chi connectivity index (χ0) is 9.26. The molecule has 0 fully saturated rings. The molecule has 68 valence electrons. The summed E-state index contributed by atoms with van der Waals surface area (Å²) < 4.78 is 13.3. The third kappa shape index (κ3) is 1.35. The predicted molar refractivity (Wildman–Crippen MR) is 49.9 cm³/mol. The van der Waals surface area contributed by atoms with Crippen molar-refractivity contribution in [3.05, 3.63) is 24.8 Å². The molecule has 0 radical (unpaired) electrons. The molecule has 2 rings (SSSR count). The molecule has 0 aliphatic heterocycles. The Morgan fingerprint density at radius 2 is 2.38 bits per heavy atom. The lowest BCUT2D eigenvalue weighted by Gasteiger charge is -1.97. The van der Waals surface area contributed by atoms with Crippen LogP contribution in [-0.2, 0) is 10.8 Å². The van der Waals surface area contributed by atoms with Crippen LogP contribution < -0.4 is 0 Å². The summed E-state index contributed by atoms with van der Waals surface area (Å²) >= 11 is 0. The Morgan fingerprint density at radius 1 is 1.54 bits per heavy atom. The zero-order valence-electron chi connectivity index (χ0n) is 7.17. The van der Waals surface area contributed by atoms with E-state index >= 15 is 0 Å². The van der Waals surface area contributed by atoms with Crippen molar-refractivity contribution < 1.29 is 4.21 Å². The van der Waals surface area contributed by atoms with Crippen LogP contribution in [0.15, 0.2) is 29.9 Å². The van der Waals surface area contributed by atoms with E-state index in [1.54, 1.807) is 29.2 Å². The number of rotatable bonds is 2. The van der Waals surface area contributed by atoms with Gasteiger partial charge >= 0.3 is 0 Å². The van der Waals surface area contributed by atoms with E-state index in [4.69, 9.17) is 0 Å². The molecule has 2 aromatic rings. The molecule has 1 unspecified atom stereocenters. The highest BCUT2D eigenvalue weighted by molar-refractivity contribution is 7.84. The minimum atomic E-state index is -1.01. The Labute approximate surface area is 78.1 Å². The van der Waals surface area contributed by atoms with Crippen LogP contribution in [-0.4, -0.2) is 24.3 Å². The second-order valence-electron chi connectivity index (χ2n) is 2.55. The van der Waals surface area contributed by atoms with Crippen molar-refractivity contribution in [2.45, 2.75) is 12.1 Å². The van der Waals surface area contributed by atoms with Crippen molar-refractivity contribution in [2.75, 3.05) is 5.75 Å². The molecular weight excluding hydrogens is 186 g/mol. The molecule has 13 heavy (non-hydrogen) atoms. The fourth-order valence-corrected chi connectivity index (χ4v) is 1.94. The number of imidazole rings is 1. The minimum absolute atomic E-state index is 0.585. The van der Waals surface area contributed by atoms with Gasteiger partial charge < -0.3 is 0 Å². The fraction of sp³-hybridized carbons (Fsp3) is 0.250. The average Bonchev–Trinajstić information content (AvgIpc) is 2.60. The van der Waals surface area contributed by atoms with E-state index < -0.39 is 10.8 Å². The van der Waals surface area contributed by atoms with Gasteiger partial charge in [0, 0.05) is 18.1 Å². The molecule has 2 heterocycles. The molecule has 0 spiro atoms. The van der Waals surface area contributed by atoms with Crippen LogP contribution in [0.3, 0.4) is 0 Å². The maximum absolute atomic E-state index is 11.5. The lowest BCUT2D eigenvalue weighted by molar-refractivity contribution is 0.676. The monoisotopic (exact) mass is 195 g/mol. The summed E-state index contributed by atoms with van der Waals surface area (Å²) in [6, 6.07) is 0. The van der Waals surface area contributed by atoms with E-state index in [2.05, 4.69) is 9.97 Å². The van der Waals surface area contributed by atoms with Crippen molar-refractivity contribution in [2.24, 2.45) is 0 Å². The van der Waals surface area contributed by atoms with Gasteiger partial charge in [-0.2, -0.15) is 0 Å². The van der Waals surface area contributed by atoms with E-state index in [0.717, 1.165) is 5.52 Å². The molecular formula is C8H9N3OS. The number of nitrogens with zero attached hydrogens (tertiary/aromatic N) is 3. The van der Waals surface area contributed by atoms with Gasteiger partial charge in [0.25, 0.3) is 0 Å². The molecule has 0 aliphatic rings. The highest BCUT2D eigenvalue weighted by atomic mass is 32.2. The van der Waals surface area contributed by atoms with Crippen LogP contribution in [0.25, 0.3) is 5.52 Å². The summed E-state index contributed by atoms with van der Waals surface area (Å²) in [4.78, 5) is 8.04. The first-order chi connectivity index (χ1) is 6.33. The SMILES string of the molecule is CCS(=O)c1ncc2cnccn12. The third-order valence-electron chi connectivity index (χ3n) is 1.77. The van der Waals surface area contributed by atoms with Gasteiger partial charge in [0.05, 0.1) is 28.7 Å². The van der Waals surface area contributed by atoms with Gasteiger partial charge in [0.2, 0.25) is 5.16 Å². The van der Waals surface area contributed by atoms with Gasteiger partial charge in [0.15, 0.2) is 0 Å². The first-order valence-corrected chi connectivity index (χ1v) is 5.30. The van der Waals surface area contributed by atoms with Gasteiger partial charge in [-0.05, 0) is 0 Å². The lowest BCUT2D eigenvalue weighted by atomic mass is 10.6. The molecule has 0 N–H and O–H groups in total. The van der Waals surface area contributed by atoms with E-state index in [1.165, 1.54) is 0 Å². The summed E-state index contributed by atoms with van der Waals surface area (Å²) in [7, 11) is -1.01. The summed E-state index contributed by atoms with van der Waals surface area (Å²) in [5.41, 5.74) is 0.874. The van der Waals surface area contributed by atoms with Gasteiger partial charge in [0.1, 0.15) is 0 Å². The van der Waals surface area contributed by atoms with Gasteiger partial charge in [-0.1, -0.05) is 6.92 Å². The van der Waals surface area contributed by atoms with E-state index in [0.29, 0.717) is 10.9 Å². The molecule has 1 atom stereocenters. The first-order valence-electron chi connectivity index (χ1n) is 3.98. The van der Waals surface area contributed by atoms with Crippen LogP contribution in [0.1, 0.15) is 6.92 Å². The smallest absolute Gasteiger partial charge is 0.203 e. The summed E-state index contributed by atoms with van der Waals surface area (Å²) in [5, 5.41) is 0.597. The molecule has 4 nitrogen and oxygen atoms in total. The molecule has 0 saturated heterocycles. The van der Waals surface area contributed by atoms with E-state index in [1.807, 2.05) is 6.92 Å². The maximum atomic E-state index is 11.5. The summed E-state index contributed by atoms with van der Waals surface area (Å²) in [6.07, 6.45) is 6.80. The van der Waals surface area contributed by atoms with Crippen molar-refractivity contribution in [1.82, 2.24) is 14.4 Å². The van der Waals surface area contributed by atoms with Gasteiger partial charge in [-0.25, -0.2) is 4.98 Å². The summed E-state index contributed by atoms with van der Waals surface area (Å²) in [6.45, 7) is 1.87. The number of hydrogen-bond acceptors (Lipinski definition) is 3. The van der Waals surface area contributed by atoms with E-state index in [9.17, 15) is 4.21 Å². The number of hydrogen-bond donors (Lipinski definition) is 0. The zero-order valence-corrected chi connectivity index (χ0v) is 7.99. The summed E-state index contributed by atoms with van der Waals surface area (Å²) in [5.74, 6) is 0.585. The molecule has 0 amide bonds. The average molecular weight is 195 g/mol. The van der Waals surface area contributed by atoms with Gasteiger partial charge in [-0.3, -0.25) is 13.6 Å². The van der Waals surface area contributed by atoms with Crippen LogP contribution in [0, 0.1) is 0 Å². The molecule has 5 heteroatoms. The van der Waals surface area contributed by atoms with E-state index in [-0.39, 0.29) is 0 Å². The molecule has 0 aromatic carbocycles. The topological polar surface area (TPSA) is 47.3 Å². The Bertz CT molecular complexity index is 451. The van der Waals surface area contributed by atoms with Crippen molar-refractivity contribution in [3.8, 4) is 0 Å². The Balaban J connectivity index is 2.64. The van der Waals surface area contributed by atoms with Gasteiger partial charge in [-0.15, -0.1) is 0 Å². The molecule has 0 bridgehead atoms. The Kier molecular flexibility index (Phi) is 2.10. The number of fused-ring (bicyclic) bond motifs is 1. The standard InChI is InChI=1S/C8H9N3OS/c1-2-13(12)8-10-6-7-5-9-3-4-11(7)8/h3-6H,2H2,1H3. The quantitative estimate of drug-likeness (QED) is 0.714. The second kappa shape index (κ2) is 3.26. The predicted octanol–water partition coefficient (Wildman–Crippen LogP) is 0.857. The number of aromatic nitrogens is 3. The Morgan fingerprint density at radius 3 is 3.15 bits per heavy atom. The van der Waals surface area contributed by atoms with Crippen LogP contribution in [0.5, 0.6) is 0 Å². The van der Waals surface area contributed by atoms with Crippen molar-refractivity contribution >= 4 is 16.3 Å². The Hall–Kier alpha value is -1.23. The van der Waals surface area contributed by atoms with Crippen LogP contribution in [0.4, 0.5) is 0 Å². The largest absolute Gasteiger partial charge is 0.290 e. The van der Waals surface area contributed by atoms with Crippen LogP contribution >= 0.6 is 0 Å². The lowest BCUT2D eigenvalue weighted by Crippen LogP contribution is -2.00. The molecule has 2 aromatic heterocycles. The highest BCUT2D eigenvalue weighted by Crippen LogP contribution is 2.08. The van der Waals surface area contributed by atoms with Crippen molar-refractivity contribution in [1.29, 1.82) is 0 Å². The second-order valence-corrected chi connectivity index (χ2v) is 4.18. The van der Waals surface area contributed by atoms with Crippen molar-refractivity contribution in [3.63, 3.8) is 0 Å².